The number of nitrogens with one attached hydrogen (secondary N) is 1. The number of aromatic amines is 1. The highest BCUT2D eigenvalue weighted by atomic mass is 16.5. The third-order valence-corrected chi connectivity index (χ3v) is 3.80. The van der Waals surface area contributed by atoms with E-state index in [1.54, 1.807) is 12.4 Å². The second-order valence-electron chi connectivity index (χ2n) is 7.12. The summed E-state index contributed by atoms with van der Waals surface area (Å²) >= 11 is 0. The van der Waals surface area contributed by atoms with Gasteiger partial charge in [0.05, 0.1) is 12.2 Å². The van der Waals surface area contributed by atoms with Gasteiger partial charge in [0.15, 0.2) is 5.76 Å². The van der Waals surface area contributed by atoms with Gasteiger partial charge in [0.2, 0.25) is 0 Å². The van der Waals surface area contributed by atoms with Gasteiger partial charge < -0.3 is 4.52 Å². The molecule has 0 unspecified atom stereocenters. The monoisotopic (exact) mass is 325 g/mol. The quantitative estimate of drug-likeness (QED) is 0.778. The molecule has 0 amide bonds. The van der Waals surface area contributed by atoms with Gasteiger partial charge in [-0.15, -0.1) is 0 Å². The summed E-state index contributed by atoms with van der Waals surface area (Å²) in [6.45, 7) is 7.93. The van der Waals surface area contributed by atoms with E-state index in [1.165, 1.54) is 0 Å². The zero-order valence-electron chi connectivity index (χ0n) is 14.6. The van der Waals surface area contributed by atoms with E-state index in [4.69, 9.17) is 4.52 Å². The van der Waals surface area contributed by atoms with Crippen molar-refractivity contribution >= 4 is 0 Å². The van der Waals surface area contributed by atoms with Crippen molar-refractivity contribution in [2.75, 3.05) is 7.05 Å². The molecule has 24 heavy (non-hydrogen) atoms. The average Bonchev–Trinajstić information content (AvgIpc) is 3.17. The molecule has 0 saturated heterocycles. The predicted molar refractivity (Wildman–Crippen MR) is 92.2 cm³/mol. The summed E-state index contributed by atoms with van der Waals surface area (Å²) < 4.78 is 5.45. The van der Waals surface area contributed by atoms with Crippen molar-refractivity contribution in [1.29, 1.82) is 0 Å². The van der Waals surface area contributed by atoms with Gasteiger partial charge in [0, 0.05) is 41.7 Å². The third-order valence-electron chi connectivity index (χ3n) is 3.80. The van der Waals surface area contributed by atoms with Crippen LogP contribution >= 0.6 is 0 Å². The fourth-order valence-electron chi connectivity index (χ4n) is 2.49. The number of pyridine rings is 1. The molecule has 0 radical (unpaired) electrons. The minimum Gasteiger partial charge on any atom is -0.359 e. The average molecular weight is 325 g/mol. The fraction of sp³-hybridized carbons (Fsp3) is 0.389. The van der Waals surface area contributed by atoms with Crippen LogP contribution in [0.15, 0.2) is 41.2 Å². The number of hydrogen-bond donors (Lipinski definition) is 1. The molecule has 126 valence electrons. The molecule has 0 aromatic carbocycles. The summed E-state index contributed by atoms with van der Waals surface area (Å²) in [6.07, 6.45) is 3.50. The van der Waals surface area contributed by atoms with Crippen LogP contribution in [0.1, 0.15) is 37.9 Å². The maximum atomic E-state index is 5.45. The first kappa shape index (κ1) is 16.4. The molecule has 6 heteroatoms. The molecule has 0 atom stereocenters. The van der Waals surface area contributed by atoms with Crippen LogP contribution in [-0.4, -0.2) is 32.3 Å². The number of nitrogens with zero attached hydrogens (tertiary/aromatic N) is 4. The Bertz CT molecular complexity index is 785. The van der Waals surface area contributed by atoms with Crippen LogP contribution in [0.2, 0.25) is 0 Å². The molecule has 0 aliphatic heterocycles. The van der Waals surface area contributed by atoms with Crippen LogP contribution in [0.25, 0.3) is 11.3 Å². The van der Waals surface area contributed by atoms with Crippen molar-refractivity contribution in [1.82, 2.24) is 25.2 Å². The van der Waals surface area contributed by atoms with Crippen molar-refractivity contribution in [3.8, 4) is 11.3 Å². The lowest BCUT2D eigenvalue weighted by Gasteiger charge is -2.14. The van der Waals surface area contributed by atoms with Crippen molar-refractivity contribution in [3.63, 3.8) is 0 Å². The molecule has 0 bridgehead atoms. The molecule has 0 aliphatic rings. The topological polar surface area (TPSA) is 70.8 Å². The standard InChI is InChI=1S/C18H23N5O/c1-18(2,3)17-9-14(20-21-17)11-23(4)12-15-10-16(22-24-15)13-5-7-19-8-6-13/h5-10H,11-12H2,1-4H3,(H,20,21). The zero-order valence-corrected chi connectivity index (χ0v) is 14.6. The minimum atomic E-state index is 0.0533. The molecule has 0 spiro atoms. The molecule has 3 aromatic rings. The predicted octanol–water partition coefficient (Wildman–Crippen LogP) is 3.39. The number of aromatic nitrogens is 4. The third kappa shape index (κ3) is 3.89. The molecule has 0 fully saturated rings. The first-order valence-electron chi connectivity index (χ1n) is 8.01. The molecule has 0 aliphatic carbocycles. The summed E-state index contributed by atoms with van der Waals surface area (Å²) in [5.74, 6) is 0.833. The Labute approximate surface area is 141 Å². The summed E-state index contributed by atoms with van der Waals surface area (Å²) in [5, 5.41) is 11.6. The molecule has 3 rings (SSSR count). The first-order valence-corrected chi connectivity index (χ1v) is 8.01. The second kappa shape index (κ2) is 6.57. The lowest BCUT2D eigenvalue weighted by molar-refractivity contribution is 0.264. The van der Waals surface area contributed by atoms with Crippen molar-refractivity contribution in [2.45, 2.75) is 39.3 Å². The summed E-state index contributed by atoms with van der Waals surface area (Å²) in [6, 6.07) is 7.94. The number of rotatable bonds is 5. The molecule has 0 saturated carbocycles. The van der Waals surface area contributed by atoms with Gasteiger partial charge in [-0.05, 0) is 25.2 Å². The number of hydrogen-bond acceptors (Lipinski definition) is 5. The van der Waals surface area contributed by atoms with Crippen LogP contribution in [-0.2, 0) is 18.5 Å². The van der Waals surface area contributed by atoms with Crippen LogP contribution in [0, 0.1) is 0 Å². The van der Waals surface area contributed by atoms with E-state index >= 15 is 0 Å². The summed E-state index contributed by atoms with van der Waals surface area (Å²) in [7, 11) is 2.05. The minimum absolute atomic E-state index is 0.0533. The Hall–Kier alpha value is -2.47. The SMILES string of the molecule is CN(Cc1cc(C(C)(C)C)n[nH]1)Cc1cc(-c2ccncc2)no1. The van der Waals surface area contributed by atoms with Gasteiger partial charge in [-0.2, -0.15) is 5.10 Å². The lowest BCUT2D eigenvalue weighted by atomic mass is 9.92. The van der Waals surface area contributed by atoms with E-state index in [0.717, 1.165) is 35.0 Å². The van der Waals surface area contributed by atoms with Gasteiger partial charge in [0.1, 0.15) is 5.69 Å². The van der Waals surface area contributed by atoms with E-state index in [9.17, 15) is 0 Å². The Morgan fingerprint density at radius 1 is 1.12 bits per heavy atom. The smallest absolute Gasteiger partial charge is 0.151 e. The highest BCUT2D eigenvalue weighted by Gasteiger charge is 2.18. The van der Waals surface area contributed by atoms with Gasteiger partial charge >= 0.3 is 0 Å². The van der Waals surface area contributed by atoms with E-state index in [-0.39, 0.29) is 5.41 Å². The molecular weight excluding hydrogens is 302 g/mol. The van der Waals surface area contributed by atoms with Gasteiger partial charge in [-0.1, -0.05) is 25.9 Å². The van der Waals surface area contributed by atoms with E-state index in [2.05, 4.69) is 52.1 Å². The Balaban J connectivity index is 1.62. The maximum absolute atomic E-state index is 5.45. The van der Waals surface area contributed by atoms with Gasteiger partial charge in [-0.25, -0.2) is 0 Å². The molecular formula is C18H23N5O. The van der Waals surface area contributed by atoms with Crippen molar-refractivity contribution in [2.24, 2.45) is 0 Å². The molecule has 1 N–H and O–H groups in total. The first-order chi connectivity index (χ1) is 11.4. The second-order valence-corrected chi connectivity index (χ2v) is 7.12. The van der Waals surface area contributed by atoms with E-state index in [1.807, 2.05) is 25.2 Å². The summed E-state index contributed by atoms with van der Waals surface area (Å²) in [5.41, 5.74) is 4.06. The van der Waals surface area contributed by atoms with Gasteiger partial charge in [-0.3, -0.25) is 15.0 Å². The largest absolute Gasteiger partial charge is 0.359 e. The Kier molecular flexibility index (Phi) is 4.49. The van der Waals surface area contributed by atoms with Crippen molar-refractivity contribution in [3.05, 3.63) is 53.8 Å². The highest BCUT2D eigenvalue weighted by Crippen LogP contribution is 2.21. The highest BCUT2D eigenvalue weighted by molar-refractivity contribution is 5.57. The van der Waals surface area contributed by atoms with Gasteiger partial charge in [0.25, 0.3) is 0 Å². The Morgan fingerprint density at radius 3 is 2.54 bits per heavy atom. The number of H-pyrrole nitrogens is 1. The zero-order chi connectivity index (χ0) is 17.2. The molecule has 3 heterocycles. The normalized spacial score (nSPS) is 12.0. The van der Waals surface area contributed by atoms with Crippen molar-refractivity contribution < 1.29 is 4.52 Å². The van der Waals surface area contributed by atoms with Crippen LogP contribution < -0.4 is 0 Å². The van der Waals surface area contributed by atoms with Crippen LogP contribution in [0.5, 0.6) is 0 Å². The van der Waals surface area contributed by atoms with E-state index in [0.29, 0.717) is 6.54 Å². The summed E-state index contributed by atoms with van der Waals surface area (Å²) in [4.78, 5) is 6.18. The fourth-order valence-corrected chi connectivity index (χ4v) is 2.49. The lowest BCUT2D eigenvalue weighted by Crippen LogP contribution is -2.17. The molecule has 6 nitrogen and oxygen atoms in total. The van der Waals surface area contributed by atoms with E-state index < -0.39 is 0 Å². The van der Waals surface area contributed by atoms with Crippen LogP contribution in [0.3, 0.4) is 0 Å². The maximum Gasteiger partial charge on any atom is 0.151 e. The van der Waals surface area contributed by atoms with Crippen LogP contribution in [0.4, 0.5) is 0 Å². The molecule has 3 aromatic heterocycles. The Morgan fingerprint density at radius 2 is 1.88 bits per heavy atom.